The molecule has 2 aromatic carbocycles. The first-order valence-electron chi connectivity index (χ1n) is 26.1. The van der Waals surface area contributed by atoms with Crippen LogP contribution in [0.25, 0.3) is 44.3 Å². The number of carbonyl (C=O) groups is 2. The van der Waals surface area contributed by atoms with Crippen LogP contribution in [0.2, 0.25) is 0 Å². The van der Waals surface area contributed by atoms with Crippen molar-refractivity contribution in [3.8, 4) is 22.3 Å². The van der Waals surface area contributed by atoms with E-state index in [1.165, 1.54) is 75.8 Å². The average molecular weight is 1120 g/mol. The summed E-state index contributed by atoms with van der Waals surface area (Å²) in [4.78, 5) is 64.1. The standard InChI is InChI=1S/C29H29F3N6O.C23H18F3N5OS.C6H14N2/c1-18-7-8-22(36-28(39)20-9-10-33-25(15-20)29(30,31)32)16-23(18)24-14-21-17-34-26(37-27(21)35-19(24)2)6-5-13-38-11-3-4-12-38;1-12-4-5-16(30-21(32)14-6-7-27-19(9-14)23(24,25)26)10-17(12)18-8-15-11-28-22(33-3)31-20(15)29-13(18)2;7-3-6-8-4-1-2-5-8/h7-10,14-17H,3-6,11-13H2,1-2H3,(H,36,39);4-11H,1-3H3,(H,30,32);1-7H2. The molecule has 2 fully saturated rings. The quantitative estimate of drug-likeness (QED) is 0.0561. The van der Waals surface area contributed by atoms with Crippen LogP contribution in [0.15, 0.2) is 103 Å². The van der Waals surface area contributed by atoms with Crippen LogP contribution in [0.4, 0.5) is 37.7 Å². The van der Waals surface area contributed by atoms with E-state index in [9.17, 15) is 35.9 Å². The number of nitrogens with one attached hydrogen (secondary N) is 2. The van der Waals surface area contributed by atoms with E-state index in [-0.39, 0.29) is 11.1 Å². The Morgan fingerprint density at radius 2 is 1.04 bits per heavy atom. The molecule has 4 N–H and O–H groups in total. The molecule has 2 amide bonds. The Labute approximate surface area is 463 Å². The first-order chi connectivity index (χ1) is 38.3. The lowest BCUT2D eigenvalue weighted by molar-refractivity contribution is -0.142. The first-order valence-corrected chi connectivity index (χ1v) is 27.4. The van der Waals surface area contributed by atoms with Crippen molar-refractivity contribution in [3.63, 3.8) is 0 Å². The summed E-state index contributed by atoms with van der Waals surface area (Å²) in [5.74, 6) is -0.534. The predicted molar refractivity (Wildman–Crippen MR) is 299 cm³/mol. The van der Waals surface area contributed by atoms with E-state index >= 15 is 0 Å². The van der Waals surface area contributed by atoms with Crippen LogP contribution < -0.4 is 16.4 Å². The first kappa shape index (κ1) is 58.6. The van der Waals surface area contributed by atoms with Gasteiger partial charge >= 0.3 is 12.4 Å². The molecule has 0 bridgehead atoms. The van der Waals surface area contributed by atoms with Crippen LogP contribution >= 0.6 is 11.8 Å². The molecule has 0 radical (unpaired) electrons. The van der Waals surface area contributed by atoms with Crippen molar-refractivity contribution in [2.45, 2.75) is 83.7 Å². The highest BCUT2D eigenvalue weighted by atomic mass is 32.2. The lowest BCUT2D eigenvalue weighted by atomic mass is 9.98. The van der Waals surface area contributed by atoms with Crippen LogP contribution in [0.5, 0.6) is 0 Å². The van der Waals surface area contributed by atoms with Crippen LogP contribution in [0, 0.1) is 27.7 Å². The predicted octanol–water partition coefficient (Wildman–Crippen LogP) is 11.7. The van der Waals surface area contributed by atoms with Gasteiger partial charge in [0, 0.05) is 100 Å². The van der Waals surface area contributed by atoms with Gasteiger partial charge in [-0.1, -0.05) is 23.9 Å². The van der Waals surface area contributed by atoms with Gasteiger partial charge in [-0.3, -0.25) is 19.6 Å². The van der Waals surface area contributed by atoms with Gasteiger partial charge in [-0.25, -0.2) is 29.9 Å². The zero-order valence-electron chi connectivity index (χ0n) is 45.0. The maximum atomic E-state index is 13.0. The molecule has 0 saturated carbocycles. The summed E-state index contributed by atoms with van der Waals surface area (Å²) in [5, 5.41) is 7.58. The molecule has 6 aromatic heterocycles. The number of benzene rings is 2. The number of nitrogens with zero attached hydrogens (tertiary/aromatic N) is 10. The van der Waals surface area contributed by atoms with Gasteiger partial charge in [0.1, 0.15) is 17.2 Å². The summed E-state index contributed by atoms with van der Waals surface area (Å²) in [7, 11) is 0. The van der Waals surface area contributed by atoms with Gasteiger partial charge in [0.15, 0.2) is 16.5 Å². The summed E-state index contributed by atoms with van der Waals surface area (Å²) >= 11 is 1.43. The smallest absolute Gasteiger partial charge is 0.329 e. The zero-order valence-corrected chi connectivity index (χ0v) is 45.8. The van der Waals surface area contributed by atoms with Gasteiger partial charge in [0.05, 0.1) is 0 Å². The molecule has 80 heavy (non-hydrogen) atoms. The number of anilines is 2. The highest BCUT2D eigenvalue weighted by Crippen LogP contribution is 2.34. The number of pyridine rings is 4. The van der Waals surface area contributed by atoms with Crippen LogP contribution in [0.3, 0.4) is 0 Å². The fraction of sp³-hybridized carbons (Fsp3) is 0.345. The number of alkyl halides is 6. The third-order valence-electron chi connectivity index (χ3n) is 13.6. The number of rotatable bonds is 13. The van der Waals surface area contributed by atoms with E-state index in [4.69, 9.17) is 10.7 Å². The lowest BCUT2D eigenvalue weighted by Crippen LogP contribution is -2.26. The number of aryl methyl sites for hydroxylation is 5. The summed E-state index contributed by atoms with van der Waals surface area (Å²) < 4.78 is 77.8. The number of amides is 2. The molecule has 2 saturated heterocycles. The summed E-state index contributed by atoms with van der Waals surface area (Å²) in [6.45, 7) is 15.5. The number of hydrogen-bond acceptors (Lipinski definition) is 14. The van der Waals surface area contributed by atoms with Crippen LogP contribution in [0.1, 0.15) is 92.5 Å². The van der Waals surface area contributed by atoms with Crippen molar-refractivity contribution in [3.05, 3.63) is 148 Å². The molecule has 8 heterocycles. The van der Waals surface area contributed by atoms with Gasteiger partial charge in [0.2, 0.25) is 0 Å². The fourth-order valence-corrected chi connectivity index (χ4v) is 9.72. The Bertz CT molecular complexity index is 3500. The zero-order chi connectivity index (χ0) is 57.1. The number of fused-ring (bicyclic) bond motifs is 2. The second-order valence-corrected chi connectivity index (χ2v) is 20.3. The van der Waals surface area contributed by atoms with Crippen molar-refractivity contribution in [2.24, 2.45) is 5.73 Å². The SMILES string of the molecule is CSc1ncc2cc(-c3cc(NC(=O)c4ccnc(C(F)(F)F)c4)ccc3C)c(C)nc2n1.Cc1ccc(NC(=O)c2ccnc(C(F)(F)F)c2)cc1-c1cc2cnc(CCCN3CCCC3)nc2nc1C.NCCN1CCCC1. The monoisotopic (exact) mass is 1120 g/mol. The lowest BCUT2D eigenvalue weighted by Gasteiger charge is -2.14. The van der Waals surface area contributed by atoms with Crippen molar-refractivity contribution in [2.75, 3.05) is 62.7 Å². The molecule has 10 rings (SSSR count). The minimum Gasteiger partial charge on any atom is -0.329 e. The summed E-state index contributed by atoms with van der Waals surface area (Å²) in [6, 6.07) is 18.5. The van der Waals surface area contributed by atoms with E-state index in [1.54, 1.807) is 36.7 Å². The number of likely N-dealkylation sites (tertiary alicyclic amines) is 2. The molecule has 2 aliphatic rings. The number of halogens is 6. The maximum absolute atomic E-state index is 13.0. The number of hydrogen-bond donors (Lipinski definition) is 3. The van der Waals surface area contributed by atoms with Gasteiger partial charge < -0.3 is 26.2 Å². The van der Waals surface area contributed by atoms with Crippen molar-refractivity contribution in [1.29, 1.82) is 0 Å². The number of aromatic nitrogens is 8. The Morgan fingerprint density at radius 3 is 1.50 bits per heavy atom. The molecule has 22 heteroatoms. The third-order valence-corrected chi connectivity index (χ3v) is 14.2. The topological polar surface area (TPSA) is 194 Å². The van der Waals surface area contributed by atoms with Crippen molar-refractivity contribution in [1.82, 2.24) is 49.7 Å². The average Bonchev–Trinajstić information content (AvgIpc) is 4.23. The van der Waals surface area contributed by atoms with Gasteiger partial charge in [-0.05, 0) is 182 Å². The summed E-state index contributed by atoms with van der Waals surface area (Å²) in [5.41, 5.74) is 11.8. The highest BCUT2D eigenvalue weighted by molar-refractivity contribution is 7.98. The van der Waals surface area contributed by atoms with E-state index in [0.29, 0.717) is 27.8 Å². The van der Waals surface area contributed by atoms with Gasteiger partial charge in [-0.15, -0.1) is 0 Å². The molecule has 8 aromatic rings. The summed E-state index contributed by atoms with van der Waals surface area (Å²) in [6.07, 6.45) is 5.20. The maximum Gasteiger partial charge on any atom is 0.433 e. The molecule has 0 aliphatic carbocycles. The molecule has 15 nitrogen and oxygen atoms in total. The molecule has 0 spiro atoms. The largest absolute Gasteiger partial charge is 0.433 e. The second-order valence-electron chi connectivity index (χ2n) is 19.5. The Morgan fingerprint density at radius 1 is 0.575 bits per heavy atom. The van der Waals surface area contributed by atoms with Crippen LogP contribution in [-0.2, 0) is 18.8 Å². The number of nitrogens with two attached hydrogens (primary N) is 1. The van der Waals surface area contributed by atoms with E-state index in [0.717, 1.165) is 118 Å². The van der Waals surface area contributed by atoms with E-state index in [1.807, 2.05) is 58.2 Å². The number of thioether (sulfide) groups is 1. The molecule has 0 unspecified atom stereocenters. The van der Waals surface area contributed by atoms with Gasteiger partial charge in [0.25, 0.3) is 11.8 Å². The molecule has 418 valence electrons. The van der Waals surface area contributed by atoms with E-state index in [2.05, 4.69) is 55.3 Å². The van der Waals surface area contributed by atoms with E-state index < -0.39 is 35.6 Å². The Kier molecular flexibility index (Phi) is 19.2. The molecular formula is C58H61F6N13O2S. The van der Waals surface area contributed by atoms with Gasteiger partial charge in [-0.2, -0.15) is 26.3 Å². The fourth-order valence-electron chi connectivity index (χ4n) is 9.38. The Hall–Kier alpha value is -7.53. The second kappa shape index (κ2) is 26.2. The Balaban J connectivity index is 0.000000186. The minimum atomic E-state index is -4.63. The molecule has 2 aliphatic heterocycles. The number of carbonyl (C=O) groups excluding carboxylic acids is 2. The third kappa shape index (κ3) is 15.2. The molecule has 0 atom stereocenters. The highest BCUT2D eigenvalue weighted by Gasteiger charge is 2.34. The van der Waals surface area contributed by atoms with Crippen molar-refractivity contribution < 1.29 is 35.9 Å². The normalized spacial score (nSPS) is 13.9. The van der Waals surface area contributed by atoms with Crippen molar-refractivity contribution >= 4 is 57.0 Å². The molecular weight excluding hydrogens is 1060 g/mol. The minimum absolute atomic E-state index is 0.128. The van der Waals surface area contributed by atoms with Crippen LogP contribution in [-0.4, -0.2) is 114 Å².